The Hall–Kier alpha value is -4.01. The molecule has 4 atom stereocenters. The Morgan fingerprint density at radius 3 is 2.10 bits per heavy atom. The van der Waals surface area contributed by atoms with Crippen LogP contribution in [0.3, 0.4) is 0 Å². The molecule has 214 valence electrons. The quantitative estimate of drug-likeness (QED) is 0.104. The van der Waals surface area contributed by atoms with E-state index in [-0.39, 0.29) is 19.3 Å². The largest absolute Gasteiger partial charge is 0.481 e. The lowest BCUT2D eigenvalue weighted by Gasteiger charge is -2.25. The molecule has 0 aliphatic heterocycles. The predicted octanol–water partition coefficient (Wildman–Crippen LogP) is -1.44. The van der Waals surface area contributed by atoms with Gasteiger partial charge < -0.3 is 47.7 Å². The Balaban J connectivity index is 2.14. The van der Waals surface area contributed by atoms with Crippen molar-refractivity contribution in [2.75, 3.05) is 13.2 Å². The van der Waals surface area contributed by atoms with Crippen molar-refractivity contribution in [2.24, 2.45) is 11.5 Å². The van der Waals surface area contributed by atoms with Crippen LogP contribution in [-0.2, 0) is 30.4 Å². The fourth-order valence-electron chi connectivity index (χ4n) is 3.94. The Morgan fingerprint density at radius 2 is 1.49 bits per heavy atom. The van der Waals surface area contributed by atoms with Crippen LogP contribution in [0, 0.1) is 0 Å². The molecule has 0 bridgehead atoms. The number of rotatable bonds is 17. The standard InChI is InChI=1S/C25H36N6O8/c26-10-4-3-7-18(23(36)31-20(13-32)25(38)39)30-24(37)19(8-9-21(33)34)29-22(35)16(27)11-14-12-28-17-6-2-1-5-15(14)17/h1-2,5-6,12,16,18-20,28,32H,3-4,7-11,13,26-27H2,(H,29,35)(H,30,37)(H,31,36)(H,33,34)(H,38,39). The molecule has 0 aliphatic carbocycles. The molecule has 0 aliphatic rings. The SMILES string of the molecule is NCCCCC(NC(=O)C(CCC(=O)O)NC(=O)C(N)Cc1c[nH]c2ccccc12)C(=O)NC(CO)C(=O)O. The van der Waals surface area contributed by atoms with E-state index in [0.29, 0.717) is 19.4 Å². The molecule has 2 aromatic rings. The molecule has 1 heterocycles. The molecule has 1 aromatic carbocycles. The van der Waals surface area contributed by atoms with Gasteiger partial charge in [0.25, 0.3) is 0 Å². The van der Waals surface area contributed by atoms with Gasteiger partial charge in [0.15, 0.2) is 0 Å². The predicted molar refractivity (Wildman–Crippen MR) is 140 cm³/mol. The summed E-state index contributed by atoms with van der Waals surface area (Å²) in [5.74, 6) is -5.06. The highest BCUT2D eigenvalue weighted by Crippen LogP contribution is 2.19. The average molecular weight is 549 g/mol. The van der Waals surface area contributed by atoms with Crippen molar-refractivity contribution in [3.8, 4) is 0 Å². The lowest BCUT2D eigenvalue weighted by molar-refractivity contribution is -0.143. The molecular weight excluding hydrogens is 512 g/mol. The van der Waals surface area contributed by atoms with Gasteiger partial charge in [-0.3, -0.25) is 19.2 Å². The molecule has 2 rings (SSSR count). The van der Waals surface area contributed by atoms with Gasteiger partial charge in [-0.2, -0.15) is 0 Å². The molecule has 0 spiro atoms. The van der Waals surface area contributed by atoms with Crippen LogP contribution in [0.15, 0.2) is 30.5 Å². The third-order valence-electron chi connectivity index (χ3n) is 6.11. The fourth-order valence-corrected chi connectivity index (χ4v) is 3.94. The molecule has 0 radical (unpaired) electrons. The van der Waals surface area contributed by atoms with Gasteiger partial charge in [0.1, 0.15) is 18.1 Å². The first-order valence-corrected chi connectivity index (χ1v) is 12.5. The molecule has 39 heavy (non-hydrogen) atoms. The number of carbonyl (C=O) groups excluding carboxylic acids is 3. The molecule has 0 saturated heterocycles. The van der Waals surface area contributed by atoms with E-state index in [2.05, 4.69) is 20.9 Å². The smallest absolute Gasteiger partial charge is 0.328 e. The van der Waals surface area contributed by atoms with Crippen LogP contribution in [0.2, 0.25) is 0 Å². The molecular formula is C25H36N6O8. The van der Waals surface area contributed by atoms with Gasteiger partial charge in [-0.05, 0) is 50.3 Å². The number of aromatic amines is 1. The first-order valence-electron chi connectivity index (χ1n) is 12.5. The Bertz CT molecular complexity index is 1150. The van der Waals surface area contributed by atoms with Crippen molar-refractivity contribution in [1.82, 2.24) is 20.9 Å². The summed E-state index contributed by atoms with van der Waals surface area (Å²) in [6, 6.07) is 2.24. The highest BCUT2D eigenvalue weighted by atomic mass is 16.4. The average Bonchev–Trinajstić information content (AvgIpc) is 3.31. The van der Waals surface area contributed by atoms with Gasteiger partial charge in [0.05, 0.1) is 12.6 Å². The maximum atomic E-state index is 13.1. The van der Waals surface area contributed by atoms with Crippen molar-refractivity contribution in [2.45, 2.75) is 62.7 Å². The number of aliphatic hydroxyl groups excluding tert-OH is 1. The van der Waals surface area contributed by atoms with Gasteiger partial charge in [0, 0.05) is 23.5 Å². The molecule has 14 nitrogen and oxygen atoms in total. The second-order valence-corrected chi connectivity index (χ2v) is 9.09. The number of hydrogen-bond donors (Lipinski definition) is 9. The van der Waals surface area contributed by atoms with Gasteiger partial charge in [-0.25, -0.2) is 4.79 Å². The van der Waals surface area contributed by atoms with Crippen molar-refractivity contribution in [3.05, 3.63) is 36.0 Å². The summed E-state index contributed by atoms with van der Waals surface area (Å²) in [4.78, 5) is 64.2. The van der Waals surface area contributed by atoms with Crippen LogP contribution in [0.1, 0.15) is 37.7 Å². The zero-order valence-corrected chi connectivity index (χ0v) is 21.4. The summed E-state index contributed by atoms with van der Waals surface area (Å²) >= 11 is 0. The molecule has 3 amide bonds. The van der Waals surface area contributed by atoms with Crippen molar-refractivity contribution in [1.29, 1.82) is 0 Å². The number of carbonyl (C=O) groups is 5. The fraction of sp³-hybridized carbons (Fsp3) is 0.480. The van der Waals surface area contributed by atoms with E-state index in [4.69, 9.17) is 21.7 Å². The van der Waals surface area contributed by atoms with Crippen molar-refractivity contribution in [3.63, 3.8) is 0 Å². The molecule has 11 N–H and O–H groups in total. The van der Waals surface area contributed by atoms with E-state index in [9.17, 15) is 29.1 Å². The number of unbranched alkanes of at least 4 members (excludes halogenated alkanes) is 1. The zero-order chi connectivity index (χ0) is 28.9. The summed E-state index contributed by atoms with van der Waals surface area (Å²) in [6.45, 7) is -0.543. The number of aromatic nitrogens is 1. The number of carboxylic acid groups (broad SMARTS) is 2. The topological polar surface area (TPSA) is 250 Å². The minimum absolute atomic E-state index is 0.0895. The van der Waals surface area contributed by atoms with Gasteiger partial charge in [-0.1, -0.05) is 18.2 Å². The summed E-state index contributed by atoms with van der Waals surface area (Å²) in [6.07, 6.45) is 2.16. The molecule has 14 heteroatoms. The Labute approximate surface area is 224 Å². The minimum atomic E-state index is -1.59. The number of H-pyrrole nitrogens is 1. The van der Waals surface area contributed by atoms with E-state index >= 15 is 0 Å². The van der Waals surface area contributed by atoms with Crippen molar-refractivity contribution >= 4 is 40.6 Å². The van der Waals surface area contributed by atoms with Gasteiger partial charge in [0.2, 0.25) is 17.7 Å². The second-order valence-electron chi connectivity index (χ2n) is 9.09. The van der Waals surface area contributed by atoms with Crippen LogP contribution < -0.4 is 27.4 Å². The summed E-state index contributed by atoms with van der Waals surface area (Å²) in [5.41, 5.74) is 13.3. The number of aliphatic carboxylic acids is 2. The third kappa shape index (κ3) is 9.67. The number of carboxylic acids is 2. The second kappa shape index (κ2) is 15.4. The van der Waals surface area contributed by atoms with E-state index in [1.807, 2.05) is 24.3 Å². The first-order chi connectivity index (χ1) is 18.6. The number of para-hydroxylation sites is 1. The molecule has 0 saturated carbocycles. The van der Waals surface area contributed by atoms with Crippen molar-refractivity contribution < 1.29 is 39.3 Å². The van der Waals surface area contributed by atoms with Gasteiger partial charge >= 0.3 is 11.9 Å². The Morgan fingerprint density at radius 1 is 0.872 bits per heavy atom. The zero-order valence-electron chi connectivity index (χ0n) is 21.4. The number of amides is 3. The minimum Gasteiger partial charge on any atom is -0.481 e. The number of hydrogen-bond acceptors (Lipinski definition) is 8. The molecule has 1 aromatic heterocycles. The van der Waals surface area contributed by atoms with Crippen LogP contribution in [0.5, 0.6) is 0 Å². The number of nitrogens with two attached hydrogens (primary N) is 2. The van der Waals surface area contributed by atoms with Crippen LogP contribution >= 0.6 is 0 Å². The van der Waals surface area contributed by atoms with Gasteiger partial charge in [-0.15, -0.1) is 0 Å². The first kappa shape index (κ1) is 31.2. The van der Waals surface area contributed by atoms with Crippen LogP contribution in [-0.4, -0.2) is 87.3 Å². The van der Waals surface area contributed by atoms with Crippen LogP contribution in [0.4, 0.5) is 0 Å². The number of fused-ring (bicyclic) bond motifs is 1. The monoisotopic (exact) mass is 548 g/mol. The van der Waals surface area contributed by atoms with E-state index in [1.54, 1.807) is 6.20 Å². The number of benzene rings is 1. The number of nitrogens with one attached hydrogen (secondary N) is 4. The lowest BCUT2D eigenvalue weighted by Crippen LogP contribution is -2.57. The van der Waals surface area contributed by atoms with E-state index in [1.165, 1.54) is 0 Å². The molecule has 0 fully saturated rings. The van der Waals surface area contributed by atoms with E-state index < -0.39 is 66.9 Å². The maximum absolute atomic E-state index is 13.1. The summed E-state index contributed by atoms with van der Waals surface area (Å²) < 4.78 is 0. The van der Waals surface area contributed by atoms with E-state index in [0.717, 1.165) is 16.5 Å². The summed E-state index contributed by atoms with van der Waals surface area (Å²) in [7, 11) is 0. The maximum Gasteiger partial charge on any atom is 0.328 e. The third-order valence-corrected chi connectivity index (χ3v) is 6.11. The highest BCUT2D eigenvalue weighted by molar-refractivity contribution is 5.94. The Kier molecular flexibility index (Phi) is 12.3. The summed E-state index contributed by atoms with van der Waals surface area (Å²) in [5, 5.41) is 35.4. The van der Waals surface area contributed by atoms with Crippen LogP contribution in [0.25, 0.3) is 10.9 Å². The highest BCUT2D eigenvalue weighted by Gasteiger charge is 2.30. The lowest BCUT2D eigenvalue weighted by atomic mass is 10.0. The normalized spacial score (nSPS) is 14.1. The number of aliphatic hydroxyl groups is 1. The molecule has 4 unspecified atom stereocenters.